The number of rotatable bonds is 21. The van der Waals surface area contributed by atoms with Crippen molar-refractivity contribution in [2.75, 3.05) is 14.2 Å². The predicted molar refractivity (Wildman–Crippen MR) is 158 cm³/mol. The van der Waals surface area contributed by atoms with Gasteiger partial charge in [0.15, 0.2) is 11.5 Å². The summed E-state index contributed by atoms with van der Waals surface area (Å²) in [5, 5.41) is 21.2. The molecule has 0 bridgehead atoms. The highest BCUT2D eigenvalue weighted by Crippen LogP contribution is 2.48. The molecule has 216 valence electrons. The quantitative estimate of drug-likeness (QED) is 0.125. The molecule has 1 aromatic carbocycles. The average Bonchev–Trinajstić information content (AvgIpc) is 2.86. The van der Waals surface area contributed by atoms with Gasteiger partial charge in [-0.05, 0) is 43.4 Å². The Hall–Kier alpha value is -1.58. The van der Waals surface area contributed by atoms with Gasteiger partial charge in [0.2, 0.25) is 11.5 Å². The van der Waals surface area contributed by atoms with Crippen LogP contribution in [0.15, 0.2) is 0 Å². The molecule has 4 unspecified atom stereocenters. The van der Waals surface area contributed by atoms with Gasteiger partial charge in [0.05, 0.1) is 14.2 Å². The highest BCUT2D eigenvalue weighted by Gasteiger charge is 2.23. The van der Waals surface area contributed by atoms with E-state index in [0.29, 0.717) is 11.5 Å². The van der Waals surface area contributed by atoms with Gasteiger partial charge >= 0.3 is 0 Å². The molecule has 1 aromatic rings. The molecule has 0 radical (unpaired) electrons. The molecule has 0 heterocycles. The fourth-order valence-electron chi connectivity index (χ4n) is 5.68. The molecule has 0 aromatic heterocycles. The van der Waals surface area contributed by atoms with E-state index in [0.717, 1.165) is 36.2 Å². The maximum Gasteiger partial charge on any atom is 0.207 e. The van der Waals surface area contributed by atoms with Crippen LogP contribution in [0.4, 0.5) is 0 Å². The first-order valence-electron chi connectivity index (χ1n) is 15.3. The molecule has 4 atom stereocenters. The van der Waals surface area contributed by atoms with Crippen LogP contribution in [0.3, 0.4) is 0 Å². The van der Waals surface area contributed by atoms with E-state index in [4.69, 9.17) is 9.47 Å². The Labute approximate surface area is 229 Å². The van der Waals surface area contributed by atoms with Crippen molar-refractivity contribution in [2.45, 2.75) is 138 Å². The van der Waals surface area contributed by atoms with Crippen molar-refractivity contribution in [1.82, 2.24) is 0 Å². The molecule has 0 spiro atoms. The van der Waals surface area contributed by atoms with Gasteiger partial charge in [0, 0.05) is 11.1 Å². The molecule has 0 fully saturated rings. The third kappa shape index (κ3) is 12.2. The summed E-state index contributed by atoms with van der Waals surface area (Å²) in [4.78, 5) is 0. The van der Waals surface area contributed by atoms with Crippen LogP contribution in [0.5, 0.6) is 23.0 Å². The number of unbranched alkanes of at least 4 members (excludes halogenated alkanes) is 2. The average molecular weight is 521 g/mol. The fourth-order valence-corrected chi connectivity index (χ4v) is 5.68. The molecule has 4 heteroatoms. The van der Waals surface area contributed by atoms with E-state index in [1.54, 1.807) is 0 Å². The topological polar surface area (TPSA) is 58.9 Å². The third-order valence-electron chi connectivity index (χ3n) is 8.51. The molecular formula is C33H60O4. The zero-order valence-electron chi connectivity index (χ0n) is 25.6. The van der Waals surface area contributed by atoms with Gasteiger partial charge in [0.1, 0.15) is 0 Å². The second-order valence-electron chi connectivity index (χ2n) is 12.1. The number of phenolic OH excluding ortho intramolecular Hbond substituents is 2. The Balaban J connectivity index is 2.26. The van der Waals surface area contributed by atoms with E-state index in [2.05, 4.69) is 34.6 Å². The van der Waals surface area contributed by atoms with Gasteiger partial charge < -0.3 is 19.7 Å². The summed E-state index contributed by atoms with van der Waals surface area (Å²) in [6.07, 6.45) is 19.3. The Morgan fingerprint density at radius 2 is 0.946 bits per heavy atom. The number of aromatic hydroxyl groups is 2. The van der Waals surface area contributed by atoms with Crippen molar-refractivity contribution in [2.24, 2.45) is 23.7 Å². The number of benzene rings is 1. The van der Waals surface area contributed by atoms with Gasteiger partial charge in [-0.3, -0.25) is 0 Å². The minimum Gasteiger partial charge on any atom is -0.504 e. The summed E-state index contributed by atoms with van der Waals surface area (Å²) in [5.41, 5.74) is 1.43. The van der Waals surface area contributed by atoms with Crippen LogP contribution in [0.25, 0.3) is 0 Å². The van der Waals surface area contributed by atoms with Crippen molar-refractivity contribution < 1.29 is 19.7 Å². The largest absolute Gasteiger partial charge is 0.504 e. The van der Waals surface area contributed by atoms with Crippen LogP contribution < -0.4 is 9.47 Å². The standard InChI is InChI=1S/C33H60O4/c1-9-10-11-15-24(2)16-12-17-25(3)18-13-19-26(4)20-14-21-27(5)22-23-29-28(6)30(34)32(36-7)33(37-8)31(29)35/h24-27,34-35H,9-23H2,1-8H3. The minimum absolute atomic E-state index is 0.0555. The van der Waals surface area contributed by atoms with Crippen LogP contribution in [0.2, 0.25) is 0 Å². The summed E-state index contributed by atoms with van der Waals surface area (Å²) in [6.45, 7) is 13.7. The molecule has 0 aliphatic carbocycles. The molecule has 37 heavy (non-hydrogen) atoms. The van der Waals surface area contributed by atoms with Gasteiger partial charge in [0.25, 0.3) is 0 Å². The van der Waals surface area contributed by atoms with Crippen molar-refractivity contribution in [3.63, 3.8) is 0 Å². The zero-order chi connectivity index (χ0) is 27.8. The number of hydrogen-bond donors (Lipinski definition) is 2. The van der Waals surface area contributed by atoms with Crippen LogP contribution in [-0.2, 0) is 6.42 Å². The molecule has 2 N–H and O–H groups in total. The Morgan fingerprint density at radius 1 is 0.568 bits per heavy atom. The summed E-state index contributed by atoms with van der Waals surface area (Å²) in [6, 6.07) is 0. The van der Waals surface area contributed by atoms with E-state index in [9.17, 15) is 10.2 Å². The van der Waals surface area contributed by atoms with E-state index in [-0.39, 0.29) is 23.0 Å². The summed E-state index contributed by atoms with van der Waals surface area (Å²) < 4.78 is 10.5. The normalized spacial score (nSPS) is 14.8. The lowest BCUT2D eigenvalue weighted by Gasteiger charge is -2.19. The maximum atomic E-state index is 10.7. The lowest BCUT2D eigenvalue weighted by molar-refractivity contribution is 0.313. The lowest BCUT2D eigenvalue weighted by Crippen LogP contribution is -2.04. The summed E-state index contributed by atoms with van der Waals surface area (Å²) in [7, 11) is 2.95. The first kappa shape index (κ1) is 33.4. The first-order valence-corrected chi connectivity index (χ1v) is 15.3. The maximum absolute atomic E-state index is 10.7. The highest BCUT2D eigenvalue weighted by molar-refractivity contribution is 5.65. The van der Waals surface area contributed by atoms with Gasteiger partial charge in [-0.25, -0.2) is 0 Å². The first-order chi connectivity index (χ1) is 17.7. The molecular weight excluding hydrogens is 460 g/mol. The Bertz CT molecular complexity index is 745. The molecule has 0 aliphatic heterocycles. The monoisotopic (exact) mass is 520 g/mol. The third-order valence-corrected chi connectivity index (χ3v) is 8.51. The van der Waals surface area contributed by atoms with Crippen molar-refractivity contribution >= 4 is 0 Å². The second-order valence-corrected chi connectivity index (χ2v) is 12.1. The van der Waals surface area contributed by atoms with Gasteiger partial charge in [-0.2, -0.15) is 0 Å². The molecule has 0 amide bonds. The molecule has 0 aliphatic rings. The number of ether oxygens (including phenoxy) is 2. The van der Waals surface area contributed by atoms with Crippen LogP contribution >= 0.6 is 0 Å². The van der Waals surface area contributed by atoms with Gasteiger partial charge in [-0.15, -0.1) is 0 Å². The van der Waals surface area contributed by atoms with Gasteiger partial charge in [-0.1, -0.05) is 118 Å². The Kier molecular flexibility index (Phi) is 16.8. The van der Waals surface area contributed by atoms with Crippen molar-refractivity contribution in [3.05, 3.63) is 11.1 Å². The minimum atomic E-state index is 0.0555. The number of phenols is 2. The number of hydrogen-bond acceptors (Lipinski definition) is 4. The fraction of sp³-hybridized carbons (Fsp3) is 0.818. The van der Waals surface area contributed by atoms with Crippen LogP contribution in [0, 0.1) is 30.6 Å². The lowest BCUT2D eigenvalue weighted by atomic mass is 9.89. The smallest absolute Gasteiger partial charge is 0.207 e. The van der Waals surface area contributed by atoms with E-state index >= 15 is 0 Å². The summed E-state index contributed by atoms with van der Waals surface area (Å²) in [5.74, 6) is 3.70. The van der Waals surface area contributed by atoms with E-state index < -0.39 is 0 Å². The molecule has 0 saturated heterocycles. The second kappa shape index (κ2) is 18.6. The van der Waals surface area contributed by atoms with Crippen LogP contribution in [-0.4, -0.2) is 24.4 Å². The van der Waals surface area contributed by atoms with E-state index in [1.165, 1.54) is 97.7 Å². The van der Waals surface area contributed by atoms with Crippen molar-refractivity contribution in [3.8, 4) is 23.0 Å². The zero-order valence-corrected chi connectivity index (χ0v) is 25.6. The Morgan fingerprint density at radius 3 is 1.35 bits per heavy atom. The van der Waals surface area contributed by atoms with E-state index in [1.807, 2.05) is 6.92 Å². The van der Waals surface area contributed by atoms with Crippen LogP contribution in [0.1, 0.15) is 136 Å². The SMILES string of the molecule is CCCCCC(C)CCCC(C)CCCC(C)CCCC(C)CCc1c(C)c(O)c(OC)c(OC)c1O. The predicted octanol–water partition coefficient (Wildman–Crippen LogP) is 9.99. The van der Waals surface area contributed by atoms with Crippen molar-refractivity contribution in [1.29, 1.82) is 0 Å². The molecule has 1 rings (SSSR count). The molecule has 4 nitrogen and oxygen atoms in total. The number of methoxy groups -OCH3 is 2. The highest BCUT2D eigenvalue weighted by atomic mass is 16.5. The molecule has 0 saturated carbocycles. The summed E-state index contributed by atoms with van der Waals surface area (Å²) >= 11 is 0.